The van der Waals surface area contributed by atoms with Crippen LogP contribution in [0, 0.1) is 0 Å². The van der Waals surface area contributed by atoms with E-state index in [4.69, 9.17) is 10.5 Å². The van der Waals surface area contributed by atoms with Crippen molar-refractivity contribution in [2.75, 3.05) is 26.2 Å². The second-order valence-electron chi connectivity index (χ2n) is 7.27. The molecule has 26 heavy (non-hydrogen) atoms. The number of primary amides is 1. The fraction of sp³-hybridized carbons (Fsp3) is 0.600. The van der Waals surface area contributed by atoms with Crippen LogP contribution in [0.2, 0.25) is 0 Å². The highest BCUT2D eigenvalue weighted by Crippen LogP contribution is 2.32. The van der Waals surface area contributed by atoms with Crippen molar-refractivity contribution < 1.29 is 14.3 Å². The second kappa shape index (κ2) is 9.03. The molecule has 1 saturated carbocycles. The van der Waals surface area contributed by atoms with Gasteiger partial charge in [-0.1, -0.05) is 43.5 Å². The first kappa shape index (κ1) is 18.7. The minimum absolute atomic E-state index is 0.168. The van der Waals surface area contributed by atoms with Crippen LogP contribution >= 0.6 is 0 Å². The van der Waals surface area contributed by atoms with E-state index in [-0.39, 0.29) is 12.6 Å². The zero-order valence-electron chi connectivity index (χ0n) is 15.3. The fourth-order valence-electron chi connectivity index (χ4n) is 3.82. The molecular formula is C20H29N3O3. The number of morpholine rings is 1. The number of amides is 3. The average molecular weight is 359 g/mol. The van der Waals surface area contributed by atoms with Gasteiger partial charge in [0.25, 0.3) is 0 Å². The van der Waals surface area contributed by atoms with Gasteiger partial charge in [0.1, 0.15) is 0 Å². The summed E-state index contributed by atoms with van der Waals surface area (Å²) in [4.78, 5) is 25.0. The number of ether oxygens (including phenoxy) is 1. The number of rotatable bonds is 5. The Hall–Kier alpha value is -2.08. The van der Waals surface area contributed by atoms with Crippen molar-refractivity contribution >= 4 is 11.9 Å². The zero-order valence-corrected chi connectivity index (χ0v) is 15.3. The van der Waals surface area contributed by atoms with E-state index in [1.807, 2.05) is 0 Å². The summed E-state index contributed by atoms with van der Waals surface area (Å²) in [5.74, 6) is 0.192. The molecule has 1 aliphatic carbocycles. The van der Waals surface area contributed by atoms with Gasteiger partial charge in [-0.15, -0.1) is 0 Å². The van der Waals surface area contributed by atoms with E-state index in [2.05, 4.69) is 29.6 Å². The van der Waals surface area contributed by atoms with Crippen molar-refractivity contribution in [3.05, 3.63) is 35.4 Å². The van der Waals surface area contributed by atoms with E-state index in [9.17, 15) is 9.59 Å². The van der Waals surface area contributed by atoms with E-state index in [1.54, 1.807) is 4.90 Å². The van der Waals surface area contributed by atoms with Crippen LogP contribution in [-0.4, -0.2) is 49.2 Å². The molecule has 1 aliphatic heterocycles. The Kier molecular flexibility index (Phi) is 6.50. The van der Waals surface area contributed by atoms with Crippen molar-refractivity contribution in [2.24, 2.45) is 5.73 Å². The van der Waals surface area contributed by atoms with Gasteiger partial charge >= 0.3 is 6.03 Å². The van der Waals surface area contributed by atoms with Gasteiger partial charge in [-0.25, -0.2) is 4.79 Å². The molecule has 2 aliphatic rings. The molecule has 1 aromatic rings. The number of carbonyl (C=O) groups excluding carboxylic acids is 2. The molecule has 0 spiro atoms. The maximum atomic E-state index is 12.2. The van der Waals surface area contributed by atoms with Crippen LogP contribution in [0.5, 0.6) is 0 Å². The maximum Gasteiger partial charge on any atom is 0.317 e. The van der Waals surface area contributed by atoms with Gasteiger partial charge in [-0.2, -0.15) is 0 Å². The van der Waals surface area contributed by atoms with E-state index < -0.39 is 12.0 Å². The Morgan fingerprint density at radius 3 is 2.58 bits per heavy atom. The summed E-state index contributed by atoms with van der Waals surface area (Å²) >= 11 is 0. The largest absolute Gasteiger partial charge is 0.367 e. The second-order valence-corrected chi connectivity index (χ2v) is 7.27. The van der Waals surface area contributed by atoms with Crippen molar-refractivity contribution in [2.45, 2.75) is 50.5 Å². The lowest BCUT2D eigenvalue weighted by molar-refractivity contribution is -0.133. The Morgan fingerprint density at radius 2 is 1.88 bits per heavy atom. The summed E-state index contributed by atoms with van der Waals surface area (Å²) in [6, 6.07) is 8.67. The van der Waals surface area contributed by atoms with Crippen molar-refractivity contribution in [3.63, 3.8) is 0 Å². The molecule has 1 atom stereocenters. The Morgan fingerprint density at radius 1 is 1.15 bits per heavy atom. The summed E-state index contributed by atoms with van der Waals surface area (Å²) in [5.41, 5.74) is 7.92. The standard InChI is InChI=1S/C20H29N3O3/c21-19(24)18-14-23(12-13-26-18)20(25)22-11-10-15-6-8-17(9-7-15)16-4-2-1-3-5-16/h6-9,16,18H,1-5,10-14H2,(H2,21,24)(H,22,25). The highest BCUT2D eigenvalue weighted by atomic mass is 16.5. The number of nitrogens with two attached hydrogens (primary N) is 1. The first-order valence-corrected chi connectivity index (χ1v) is 9.66. The monoisotopic (exact) mass is 359 g/mol. The summed E-state index contributed by atoms with van der Waals surface area (Å²) in [6.45, 7) is 1.60. The summed E-state index contributed by atoms with van der Waals surface area (Å²) in [6.07, 6.45) is 6.76. The Bertz CT molecular complexity index is 611. The van der Waals surface area contributed by atoms with Crippen LogP contribution in [0.3, 0.4) is 0 Å². The molecule has 1 saturated heterocycles. The normalized spacial score (nSPS) is 21.4. The number of hydrogen-bond donors (Lipinski definition) is 2. The van der Waals surface area contributed by atoms with Crippen molar-refractivity contribution in [3.8, 4) is 0 Å². The van der Waals surface area contributed by atoms with Gasteiger partial charge in [0.05, 0.1) is 13.2 Å². The first-order chi connectivity index (χ1) is 12.6. The molecule has 0 aromatic heterocycles. The molecule has 6 nitrogen and oxygen atoms in total. The van der Waals surface area contributed by atoms with Gasteiger partial charge < -0.3 is 20.7 Å². The highest BCUT2D eigenvalue weighted by molar-refractivity contribution is 5.81. The summed E-state index contributed by atoms with van der Waals surface area (Å²) < 4.78 is 5.26. The van der Waals surface area contributed by atoms with E-state index in [0.29, 0.717) is 19.7 Å². The Balaban J connectivity index is 1.42. The summed E-state index contributed by atoms with van der Waals surface area (Å²) in [5, 5.41) is 2.92. The lowest BCUT2D eigenvalue weighted by Gasteiger charge is -2.31. The van der Waals surface area contributed by atoms with Crippen LogP contribution in [0.25, 0.3) is 0 Å². The molecule has 2 fully saturated rings. The van der Waals surface area contributed by atoms with Crippen LogP contribution in [0.1, 0.15) is 49.1 Å². The fourth-order valence-corrected chi connectivity index (χ4v) is 3.82. The maximum absolute atomic E-state index is 12.2. The minimum Gasteiger partial charge on any atom is -0.367 e. The van der Waals surface area contributed by atoms with Gasteiger partial charge in [0, 0.05) is 13.1 Å². The van der Waals surface area contributed by atoms with Gasteiger partial charge in [0.2, 0.25) is 5.91 Å². The molecule has 3 amide bonds. The van der Waals surface area contributed by atoms with Crippen LogP contribution < -0.4 is 11.1 Å². The van der Waals surface area contributed by atoms with Crippen molar-refractivity contribution in [1.29, 1.82) is 0 Å². The molecule has 1 heterocycles. The number of benzene rings is 1. The van der Waals surface area contributed by atoms with E-state index >= 15 is 0 Å². The van der Waals surface area contributed by atoms with E-state index in [1.165, 1.54) is 43.2 Å². The third-order valence-corrected chi connectivity index (χ3v) is 5.42. The molecular weight excluding hydrogens is 330 g/mol. The number of nitrogens with zero attached hydrogens (tertiary/aromatic N) is 1. The molecule has 3 N–H and O–H groups in total. The van der Waals surface area contributed by atoms with Crippen LogP contribution in [0.15, 0.2) is 24.3 Å². The molecule has 1 unspecified atom stereocenters. The first-order valence-electron chi connectivity index (χ1n) is 9.66. The molecule has 0 radical (unpaired) electrons. The summed E-state index contributed by atoms with van der Waals surface area (Å²) in [7, 11) is 0. The van der Waals surface area contributed by atoms with Crippen LogP contribution in [-0.2, 0) is 16.0 Å². The topological polar surface area (TPSA) is 84.7 Å². The average Bonchev–Trinajstić information content (AvgIpc) is 2.69. The molecule has 6 heteroatoms. The zero-order chi connectivity index (χ0) is 18.4. The third-order valence-electron chi connectivity index (χ3n) is 5.42. The lowest BCUT2D eigenvalue weighted by Crippen LogP contribution is -2.53. The number of hydrogen-bond acceptors (Lipinski definition) is 3. The van der Waals surface area contributed by atoms with Crippen molar-refractivity contribution in [1.82, 2.24) is 10.2 Å². The lowest BCUT2D eigenvalue weighted by atomic mass is 9.84. The number of carbonyl (C=O) groups is 2. The predicted molar refractivity (Wildman–Crippen MR) is 99.9 cm³/mol. The quantitative estimate of drug-likeness (QED) is 0.845. The molecule has 0 bridgehead atoms. The predicted octanol–water partition coefficient (Wildman–Crippen LogP) is 2.17. The molecule has 142 valence electrons. The smallest absolute Gasteiger partial charge is 0.317 e. The van der Waals surface area contributed by atoms with E-state index in [0.717, 1.165) is 12.3 Å². The molecule has 3 rings (SSSR count). The SMILES string of the molecule is NC(=O)C1CN(C(=O)NCCc2ccc(C3CCCCC3)cc2)CCO1. The number of nitrogens with one attached hydrogen (secondary N) is 1. The molecule has 1 aromatic carbocycles. The van der Waals surface area contributed by atoms with Gasteiger partial charge in [-0.05, 0) is 36.3 Å². The Labute approximate surface area is 155 Å². The third kappa shape index (κ3) is 4.97. The highest BCUT2D eigenvalue weighted by Gasteiger charge is 2.27. The van der Waals surface area contributed by atoms with Crippen LogP contribution in [0.4, 0.5) is 4.79 Å². The minimum atomic E-state index is -0.707. The number of urea groups is 1. The van der Waals surface area contributed by atoms with Gasteiger partial charge in [0.15, 0.2) is 6.10 Å². The van der Waals surface area contributed by atoms with Gasteiger partial charge in [-0.3, -0.25) is 4.79 Å².